The maximum Gasteiger partial charge on any atom is 0.254 e. The summed E-state index contributed by atoms with van der Waals surface area (Å²) in [6, 6.07) is 11.2. The Morgan fingerprint density at radius 2 is 1.62 bits per heavy atom. The molecular formula is C24H19Br2ClN2O3. The summed E-state index contributed by atoms with van der Waals surface area (Å²) >= 11 is 13.3. The van der Waals surface area contributed by atoms with E-state index in [9.17, 15) is 9.59 Å². The molecule has 2 amide bonds. The Hall–Kier alpha value is -1.96. The highest BCUT2D eigenvalue weighted by Crippen LogP contribution is 2.49. The number of halogens is 3. The second-order valence-corrected chi connectivity index (χ2v) is 10.4. The minimum Gasteiger partial charge on any atom is -0.486 e. The Morgan fingerprint density at radius 3 is 2.19 bits per heavy atom. The lowest BCUT2D eigenvalue weighted by Crippen LogP contribution is -2.38. The van der Waals surface area contributed by atoms with E-state index in [1.54, 1.807) is 0 Å². The molecule has 4 aliphatic rings. The molecule has 4 atom stereocenters. The van der Waals surface area contributed by atoms with Crippen molar-refractivity contribution in [2.45, 2.75) is 19.4 Å². The maximum atomic E-state index is 12.9. The minimum absolute atomic E-state index is 0.152. The molecule has 0 spiro atoms. The lowest BCUT2D eigenvalue weighted by Gasteiger charge is -2.37. The van der Waals surface area contributed by atoms with Crippen LogP contribution in [0, 0.1) is 23.7 Å². The summed E-state index contributed by atoms with van der Waals surface area (Å²) in [5.41, 5.74) is 1.61. The van der Waals surface area contributed by atoms with Gasteiger partial charge in [0.25, 0.3) is 11.8 Å². The van der Waals surface area contributed by atoms with Crippen LogP contribution in [0.15, 0.2) is 62.6 Å². The van der Waals surface area contributed by atoms with E-state index in [1.807, 2.05) is 36.4 Å². The summed E-state index contributed by atoms with van der Waals surface area (Å²) < 4.78 is 7.38. The lowest BCUT2D eigenvalue weighted by atomic mass is 9.63. The first-order chi connectivity index (χ1) is 15.4. The van der Waals surface area contributed by atoms with Gasteiger partial charge >= 0.3 is 0 Å². The van der Waals surface area contributed by atoms with E-state index in [1.165, 1.54) is 6.21 Å². The number of nitrogens with zero attached hydrogens (tertiary/aromatic N) is 2. The first-order valence-electron chi connectivity index (χ1n) is 10.4. The number of benzene rings is 2. The number of fused-ring (bicyclic) bond motifs is 1. The van der Waals surface area contributed by atoms with Crippen molar-refractivity contribution < 1.29 is 14.3 Å². The van der Waals surface area contributed by atoms with Gasteiger partial charge in [0.2, 0.25) is 0 Å². The molecule has 2 fully saturated rings. The summed E-state index contributed by atoms with van der Waals surface area (Å²) in [4.78, 5) is 25.8. The van der Waals surface area contributed by atoms with Gasteiger partial charge in [0.15, 0.2) is 0 Å². The molecule has 2 aromatic rings. The summed E-state index contributed by atoms with van der Waals surface area (Å²) in [5, 5.41) is 5.99. The Kier molecular flexibility index (Phi) is 5.99. The van der Waals surface area contributed by atoms with E-state index >= 15 is 0 Å². The van der Waals surface area contributed by atoms with Crippen molar-refractivity contribution in [3.05, 3.63) is 73.6 Å². The number of carbonyl (C=O) groups is 2. The van der Waals surface area contributed by atoms with Crippen LogP contribution in [0.2, 0.25) is 5.02 Å². The molecule has 2 aromatic carbocycles. The molecule has 1 saturated carbocycles. The summed E-state index contributed by atoms with van der Waals surface area (Å²) in [6.07, 6.45) is 7.67. The van der Waals surface area contributed by atoms with Crippen LogP contribution in [0.3, 0.4) is 0 Å². The van der Waals surface area contributed by atoms with Crippen molar-refractivity contribution in [1.82, 2.24) is 5.01 Å². The fraction of sp³-hybridized carbons (Fsp3) is 0.292. The molecule has 2 bridgehead atoms. The third kappa shape index (κ3) is 3.84. The SMILES string of the molecule is O=C1[C@@H]2[C@@H](C(=O)N1/N=C\c1cc(Br)c(OCc3ccccc3Cl)c(Br)c1)[C@H]1C=C[C@H]2CC1. The number of hydrogen-bond acceptors (Lipinski definition) is 4. The topological polar surface area (TPSA) is 59.0 Å². The minimum atomic E-state index is -0.262. The van der Waals surface area contributed by atoms with Crippen molar-refractivity contribution in [3.8, 4) is 5.75 Å². The van der Waals surface area contributed by atoms with Crippen LogP contribution in [-0.2, 0) is 16.2 Å². The van der Waals surface area contributed by atoms with Gasteiger partial charge in [0, 0.05) is 10.6 Å². The first kappa shape index (κ1) is 21.9. The van der Waals surface area contributed by atoms with Crippen LogP contribution in [0.4, 0.5) is 0 Å². The van der Waals surface area contributed by atoms with E-state index in [-0.39, 0.29) is 35.5 Å². The monoisotopic (exact) mass is 576 g/mol. The number of hydrogen-bond donors (Lipinski definition) is 0. The Labute approximate surface area is 207 Å². The largest absolute Gasteiger partial charge is 0.486 e. The molecule has 1 heterocycles. The first-order valence-corrected chi connectivity index (χ1v) is 12.4. The maximum absolute atomic E-state index is 12.9. The van der Waals surface area contributed by atoms with Crippen LogP contribution in [0.1, 0.15) is 24.0 Å². The van der Waals surface area contributed by atoms with Crippen molar-refractivity contribution >= 4 is 61.5 Å². The number of carbonyl (C=O) groups excluding carboxylic acids is 2. The molecule has 1 saturated heterocycles. The van der Waals surface area contributed by atoms with Gasteiger partial charge in [0.1, 0.15) is 12.4 Å². The summed E-state index contributed by atoms with van der Waals surface area (Å²) in [7, 11) is 0. The van der Waals surface area contributed by atoms with Gasteiger partial charge in [-0.1, -0.05) is 42.0 Å². The Morgan fingerprint density at radius 1 is 1.03 bits per heavy atom. The van der Waals surface area contributed by atoms with Crippen LogP contribution in [0.5, 0.6) is 5.75 Å². The van der Waals surface area contributed by atoms with E-state index in [0.29, 0.717) is 17.4 Å². The molecule has 5 nitrogen and oxygen atoms in total. The van der Waals surface area contributed by atoms with Gasteiger partial charge in [-0.25, -0.2) is 0 Å². The van der Waals surface area contributed by atoms with Gasteiger partial charge in [-0.3, -0.25) is 9.59 Å². The van der Waals surface area contributed by atoms with Crippen LogP contribution < -0.4 is 4.74 Å². The number of rotatable bonds is 5. The molecule has 0 radical (unpaired) electrons. The highest BCUT2D eigenvalue weighted by molar-refractivity contribution is 9.11. The second kappa shape index (κ2) is 8.76. The fourth-order valence-corrected chi connectivity index (χ4v) is 6.50. The second-order valence-electron chi connectivity index (χ2n) is 8.27. The van der Waals surface area contributed by atoms with Gasteiger partial charge in [0.05, 0.1) is 27.0 Å². The van der Waals surface area contributed by atoms with Gasteiger partial charge in [-0.2, -0.15) is 10.1 Å². The molecule has 164 valence electrons. The van der Waals surface area contributed by atoms with Gasteiger partial charge in [-0.05, 0) is 80.3 Å². The molecule has 3 aliphatic carbocycles. The Balaban J connectivity index is 1.32. The van der Waals surface area contributed by atoms with E-state index in [4.69, 9.17) is 16.3 Å². The van der Waals surface area contributed by atoms with Crippen LogP contribution in [-0.4, -0.2) is 23.0 Å². The zero-order chi connectivity index (χ0) is 22.4. The highest BCUT2D eigenvalue weighted by Gasteiger charge is 2.56. The average Bonchev–Trinajstić information content (AvgIpc) is 3.05. The number of ether oxygens (including phenoxy) is 1. The molecule has 8 heteroatoms. The van der Waals surface area contributed by atoms with Crippen molar-refractivity contribution in [1.29, 1.82) is 0 Å². The number of amides is 2. The predicted octanol–water partition coefficient (Wildman–Crippen LogP) is 5.98. The van der Waals surface area contributed by atoms with E-state index in [0.717, 1.165) is 37.9 Å². The van der Waals surface area contributed by atoms with E-state index in [2.05, 4.69) is 49.1 Å². The molecule has 0 unspecified atom stereocenters. The zero-order valence-electron chi connectivity index (χ0n) is 16.9. The lowest BCUT2D eigenvalue weighted by molar-refractivity contribution is -0.140. The van der Waals surface area contributed by atoms with Crippen LogP contribution in [0.25, 0.3) is 0 Å². The molecule has 32 heavy (non-hydrogen) atoms. The molecule has 0 aromatic heterocycles. The zero-order valence-corrected chi connectivity index (χ0v) is 20.8. The number of imide groups is 1. The number of allylic oxidation sites excluding steroid dienone is 2. The van der Waals surface area contributed by atoms with E-state index < -0.39 is 0 Å². The van der Waals surface area contributed by atoms with Crippen molar-refractivity contribution in [3.63, 3.8) is 0 Å². The predicted molar refractivity (Wildman–Crippen MR) is 129 cm³/mol. The smallest absolute Gasteiger partial charge is 0.254 e. The Bertz CT molecular complexity index is 1110. The van der Waals surface area contributed by atoms with Crippen molar-refractivity contribution in [2.75, 3.05) is 0 Å². The molecule has 1 aliphatic heterocycles. The van der Waals surface area contributed by atoms with Gasteiger partial charge < -0.3 is 4.74 Å². The normalized spacial score (nSPS) is 26.3. The highest BCUT2D eigenvalue weighted by atomic mass is 79.9. The van der Waals surface area contributed by atoms with Crippen LogP contribution >= 0.6 is 43.5 Å². The third-order valence-electron chi connectivity index (χ3n) is 6.41. The van der Waals surface area contributed by atoms with Crippen molar-refractivity contribution in [2.24, 2.45) is 28.8 Å². The molecule has 6 rings (SSSR count). The molecular weight excluding hydrogens is 560 g/mol. The standard InChI is InChI=1S/C24H19Br2ClN2O3/c25-17-9-13(10-18(26)22(17)32-12-16-3-1-2-4-19(16)27)11-28-29-23(30)20-14-5-6-15(8-7-14)21(20)24(29)31/h1-6,9-11,14-15,20-21H,7-8,12H2/b28-11-/t14-,15-,20-,21-/m0/s1. The summed E-state index contributed by atoms with van der Waals surface area (Å²) in [5.74, 6) is 0.0363. The average molecular weight is 579 g/mol. The fourth-order valence-electron chi connectivity index (χ4n) is 4.85. The molecule has 0 N–H and O–H groups in total. The quantitative estimate of drug-likeness (QED) is 0.249. The van der Waals surface area contributed by atoms with Gasteiger partial charge in [-0.15, -0.1) is 0 Å². The summed E-state index contributed by atoms with van der Waals surface area (Å²) in [6.45, 7) is 0.320. The third-order valence-corrected chi connectivity index (χ3v) is 7.96. The number of hydrazone groups is 1.